The van der Waals surface area contributed by atoms with Crippen molar-refractivity contribution in [3.8, 4) is 0 Å². The van der Waals surface area contributed by atoms with Crippen molar-refractivity contribution in [3.63, 3.8) is 0 Å². The van der Waals surface area contributed by atoms with Crippen LogP contribution in [-0.4, -0.2) is 37.5 Å². The van der Waals surface area contributed by atoms with Gasteiger partial charge in [0.2, 0.25) is 5.91 Å². The van der Waals surface area contributed by atoms with Gasteiger partial charge < -0.3 is 16.2 Å². The smallest absolute Gasteiger partial charge is 0.329 e. The summed E-state index contributed by atoms with van der Waals surface area (Å²) in [6.07, 6.45) is 1.84. The van der Waals surface area contributed by atoms with E-state index >= 15 is 0 Å². The second-order valence-electron chi connectivity index (χ2n) is 4.15. The number of carboxylic acid groups (broad SMARTS) is 1. The molecule has 0 radical (unpaired) electrons. The van der Waals surface area contributed by atoms with E-state index in [0.29, 0.717) is 12.1 Å². The SMILES string of the molecule is CCC(C)(NC(=O)Cn1cc(CN)nn1)C(=O)O. The maximum absolute atomic E-state index is 11.7. The summed E-state index contributed by atoms with van der Waals surface area (Å²) >= 11 is 0. The van der Waals surface area contributed by atoms with E-state index in [2.05, 4.69) is 15.6 Å². The number of aliphatic carboxylic acids is 1. The fourth-order valence-electron chi connectivity index (χ4n) is 1.30. The molecule has 1 heterocycles. The van der Waals surface area contributed by atoms with Gasteiger partial charge in [0.25, 0.3) is 0 Å². The van der Waals surface area contributed by atoms with E-state index in [1.165, 1.54) is 11.6 Å². The minimum Gasteiger partial charge on any atom is -0.480 e. The molecular weight excluding hydrogens is 238 g/mol. The number of nitrogens with zero attached hydrogens (tertiary/aromatic N) is 3. The lowest BCUT2D eigenvalue weighted by molar-refractivity contribution is -0.147. The predicted molar refractivity (Wildman–Crippen MR) is 62.4 cm³/mol. The van der Waals surface area contributed by atoms with Gasteiger partial charge in [-0.15, -0.1) is 5.10 Å². The van der Waals surface area contributed by atoms with Gasteiger partial charge in [-0.2, -0.15) is 0 Å². The van der Waals surface area contributed by atoms with Gasteiger partial charge in [0, 0.05) is 6.54 Å². The summed E-state index contributed by atoms with van der Waals surface area (Å²) in [7, 11) is 0. The van der Waals surface area contributed by atoms with Gasteiger partial charge >= 0.3 is 5.97 Å². The molecule has 100 valence electrons. The van der Waals surface area contributed by atoms with Crippen LogP contribution in [0.4, 0.5) is 0 Å². The number of rotatable bonds is 6. The number of amides is 1. The van der Waals surface area contributed by atoms with E-state index in [9.17, 15) is 9.59 Å². The van der Waals surface area contributed by atoms with Crippen LogP contribution in [0.1, 0.15) is 26.0 Å². The molecule has 0 saturated heterocycles. The molecular formula is C10H17N5O3. The Kier molecular flexibility index (Phi) is 4.38. The Bertz CT molecular complexity index is 444. The minimum absolute atomic E-state index is 0.0874. The van der Waals surface area contributed by atoms with Crippen molar-refractivity contribution in [3.05, 3.63) is 11.9 Å². The highest BCUT2D eigenvalue weighted by atomic mass is 16.4. The molecule has 0 aliphatic heterocycles. The number of nitrogens with two attached hydrogens (primary N) is 1. The Morgan fingerprint density at radius 2 is 2.28 bits per heavy atom. The summed E-state index contributed by atoms with van der Waals surface area (Å²) in [5.41, 5.74) is 4.66. The summed E-state index contributed by atoms with van der Waals surface area (Å²) in [4.78, 5) is 22.7. The largest absolute Gasteiger partial charge is 0.480 e. The molecule has 4 N–H and O–H groups in total. The normalized spacial score (nSPS) is 13.9. The van der Waals surface area contributed by atoms with Crippen molar-refractivity contribution in [2.75, 3.05) is 0 Å². The van der Waals surface area contributed by atoms with Crippen LogP contribution < -0.4 is 11.1 Å². The summed E-state index contributed by atoms with van der Waals surface area (Å²) in [6, 6.07) is 0. The molecule has 1 unspecified atom stereocenters. The average molecular weight is 255 g/mol. The molecule has 0 aliphatic rings. The summed E-state index contributed by atoms with van der Waals surface area (Å²) in [6.45, 7) is 3.30. The zero-order valence-corrected chi connectivity index (χ0v) is 10.4. The monoisotopic (exact) mass is 255 g/mol. The Morgan fingerprint density at radius 1 is 1.61 bits per heavy atom. The van der Waals surface area contributed by atoms with Gasteiger partial charge in [-0.05, 0) is 13.3 Å². The molecule has 0 fully saturated rings. The summed E-state index contributed by atoms with van der Waals surface area (Å²) in [5, 5.41) is 18.9. The molecule has 1 aromatic heterocycles. The molecule has 1 rings (SSSR count). The first-order chi connectivity index (χ1) is 8.41. The highest BCUT2D eigenvalue weighted by molar-refractivity contribution is 5.86. The van der Waals surface area contributed by atoms with Gasteiger partial charge in [0.1, 0.15) is 12.1 Å². The molecule has 0 bridgehead atoms. The number of aromatic nitrogens is 3. The molecule has 0 aromatic carbocycles. The van der Waals surface area contributed by atoms with Gasteiger partial charge in [0.15, 0.2) is 0 Å². The van der Waals surface area contributed by atoms with E-state index in [0.717, 1.165) is 0 Å². The lowest BCUT2D eigenvalue weighted by Gasteiger charge is -2.24. The van der Waals surface area contributed by atoms with E-state index in [-0.39, 0.29) is 13.1 Å². The first kappa shape index (κ1) is 14.1. The van der Waals surface area contributed by atoms with Crippen LogP contribution in [0.3, 0.4) is 0 Å². The lowest BCUT2D eigenvalue weighted by Crippen LogP contribution is -2.52. The van der Waals surface area contributed by atoms with Crippen LogP contribution in [0.25, 0.3) is 0 Å². The minimum atomic E-state index is -1.27. The first-order valence-corrected chi connectivity index (χ1v) is 5.54. The third-order valence-corrected chi connectivity index (χ3v) is 2.70. The Balaban J connectivity index is 2.63. The molecule has 0 aliphatic carbocycles. The molecule has 1 amide bonds. The van der Waals surface area contributed by atoms with Gasteiger partial charge in [-0.1, -0.05) is 12.1 Å². The lowest BCUT2D eigenvalue weighted by atomic mass is 9.99. The number of carbonyl (C=O) groups excluding carboxylic acids is 1. The highest BCUT2D eigenvalue weighted by Crippen LogP contribution is 2.09. The van der Waals surface area contributed by atoms with E-state index in [1.807, 2.05) is 0 Å². The fourth-order valence-corrected chi connectivity index (χ4v) is 1.30. The van der Waals surface area contributed by atoms with Crippen molar-refractivity contribution in [2.24, 2.45) is 5.73 Å². The zero-order chi connectivity index (χ0) is 13.8. The Hall–Kier alpha value is -1.96. The first-order valence-electron chi connectivity index (χ1n) is 5.54. The summed E-state index contributed by atoms with van der Waals surface area (Å²) in [5.74, 6) is -1.50. The van der Waals surface area contributed by atoms with Crippen LogP contribution in [0.2, 0.25) is 0 Å². The molecule has 8 heteroatoms. The van der Waals surface area contributed by atoms with Crippen molar-refractivity contribution in [1.29, 1.82) is 0 Å². The number of carbonyl (C=O) groups is 2. The highest BCUT2D eigenvalue weighted by Gasteiger charge is 2.32. The Labute approximate surface area is 104 Å². The van der Waals surface area contributed by atoms with Crippen LogP contribution >= 0.6 is 0 Å². The molecule has 0 spiro atoms. The van der Waals surface area contributed by atoms with E-state index in [4.69, 9.17) is 10.8 Å². The van der Waals surface area contributed by atoms with Crippen LogP contribution in [0, 0.1) is 0 Å². The van der Waals surface area contributed by atoms with Crippen molar-refractivity contribution >= 4 is 11.9 Å². The Morgan fingerprint density at radius 3 is 2.72 bits per heavy atom. The third kappa shape index (κ3) is 3.27. The standard InChI is InChI=1S/C10H17N5O3/c1-3-10(2,9(17)18)12-8(16)6-15-5-7(4-11)13-14-15/h5H,3-4,6,11H2,1-2H3,(H,12,16)(H,17,18). The molecule has 1 atom stereocenters. The second kappa shape index (κ2) is 5.58. The fraction of sp³-hybridized carbons (Fsp3) is 0.600. The number of nitrogens with one attached hydrogen (secondary N) is 1. The van der Waals surface area contributed by atoms with Crippen LogP contribution in [0.5, 0.6) is 0 Å². The molecule has 1 aromatic rings. The van der Waals surface area contributed by atoms with E-state index < -0.39 is 17.4 Å². The maximum atomic E-state index is 11.7. The predicted octanol–water partition coefficient (Wildman–Crippen LogP) is -0.894. The van der Waals surface area contributed by atoms with E-state index in [1.54, 1.807) is 13.1 Å². The topological polar surface area (TPSA) is 123 Å². The third-order valence-electron chi connectivity index (χ3n) is 2.70. The molecule has 8 nitrogen and oxygen atoms in total. The number of hydrogen-bond acceptors (Lipinski definition) is 5. The molecule has 18 heavy (non-hydrogen) atoms. The number of carboxylic acids is 1. The number of hydrogen-bond donors (Lipinski definition) is 3. The second-order valence-corrected chi connectivity index (χ2v) is 4.15. The molecule has 0 saturated carbocycles. The maximum Gasteiger partial charge on any atom is 0.329 e. The average Bonchev–Trinajstić information content (AvgIpc) is 2.76. The van der Waals surface area contributed by atoms with Crippen LogP contribution in [-0.2, 0) is 22.7 Å². The van der Waals surface area contributed by atoms with Gasteiger partial charge in [0.05, 0.1) is 11.9 Å². The van der Waals surface area contributed by atoms with Crippen LogP contribution in [0.15, 0.2) is 6.20 Å². The van der Waals surface area contributed by atoms with Crippen molar-refractivity contribution in [2.45, 2.75) is 38.9 Å². The van der Waals surface area contributed by atoms with Gasteiger partial charge in [-0.25, -0.2) is 9.48 Å². The quantitative estimate of drug-likeness (QED) is 0.605. The zero-order valence-electron chi connectivity index (χ0n) is 10.4. The summed E-state index contributed by atoms with van der Waals surface area (Å²) < 4.78 is 1.31. The van der Waals surface area contributed by atoms with Gasteiger partial charge in [-0.3, -0.25) is 4.79 Å². The van der Waals surface area contributed by atoms with Crippen molar-refractivity contribution < 1.29 is 14.7 Å². The van der Waals surface area contributed by atoms with Crippen molar-refractivity contribution in [1.82, 2.24) is 20.3 Å².